The normalized spacial score (nSPS) is 11.7. The third kappa shape index (κ3) is 3.60. The number of sulfonamides is 1. The number of hydrogen-bond acceptors (Lipinski definition) is 4. The smallest absolute Gasteiger partial charge is 0.264 e. The molecule has 0 aliphatic heterocycles. The van der Waals surface area contributed by atoms with Crippen LogP contribution in [-0.4, -0.2) is 33.0 Å². The lowest BCUT2D eigenvalue weighted by molar-refractivity contribution is -0.0258. The van der Waals surface area contributed by atoms with Crippen LogP contribution in [0.3, 0.4) is 0 Å². The first kappa shape index (κ1) is 18.1. The molecule has 3 rings (SSSR count). The zero-order chi connectivity index (χ0) is 18.7. The van der Waals surface area contributed by atoms with Crippen LogP contribution in [0.5, 0.6) is 0 Å². The van der Waals surface area contributed by atoms with E-state index in [-0.39, 0.29) is 10.8 Å². The molecule has 134 valence electrons. The van der Waals surface area contributed by atoms with E-state index in [1.807, 2.05) is 42.5 Å². The van der Waals surface area contributed by atoms with Crippen LogP contribution in [0.1, 0.15) is 10.4 Å². The van der Waals surface area contributed by atoms with Crippen molar-refractivity contribution in [1.29, 1.82) is 0 Å². The summed E-state index contributed by atoms with van der Waals surface area (Å²) < 4.78 is 25.1. The Hall–Kier alpha value is -2.74. The molecule has 0 saturated carbocycles. The molecule has 1 N–H and O–H groups in total. The number of rotatable bonds is 5. The lowest BCUT2D eigenvalue weighted by atomic mass is 10.1. The molecule has 3 aromatic rings. The van der Waals surface area contributed by atoms with Gasteiger partial charge in [-0.15, -0.1) is 0 Å². The molecular formula is C19H18N2O4S. The highest BCUT2D eigenvalue weighted by molar-refractivity contribution is 7.89. The standard InChI is InChI=1S/C19H18N2O4S/c1-21(25-2)26(23,24)18-11-8-15(9-12-18)19(22)20-17-10-7-14-5-3-4-6-16(14)13-17/h3-13H,1-2H3,(H,20,22). The van der Waals surface area contributed by atoms with Gasteiger partial charge in [-0.3, -0.25) is 9.63 Å². The molecule has 0 aliphatic rings. The first-order valence-corrected chi connectivity index (χ1v) is 9.29. The number of hydrogen-bond donors (Lipinski definition) is 1. The van der Waals surface area contributed by atoms with E-state index in [2.05, 4.69) is 5.32 Å². The van der Waals surface area contributed by atoms with Crippen LogP contribution in [0.4, 0.5) is 5.69 Å². The van der Waals surface area contributed by atoms with Crippen molar-refractivity contribution in [2.24, 2.45) is 0 Å². The molecule has 0 spiro atoms. The fraction of sp³-hybridized carbons (Fsp3) is 0.105. The molecule has 7 heteroatoms. The third-order valence-corrected chi connectivity index (χ3v) is 5.71. The molecule has 1 amide bonds. The summed E-state index contributed by atoms with van der Waals surface area (Å²) in [6, 6.07) is 19.2. The Bertz CT molecular complexity index is 1050. The van der Waals surface area contributed by atoms with Gasteiger partial charge in [-0.2, -0.15) is 0 Å². The van der Waals surface area contributed by atoms with Crippen molar-refractivity contribution < 1.29 is 18.0 Å². The summed E-state index contributed by atoms with van der Waals surface area (Å²) in [6.45, 7) is 0. The third-order valence-electron chi connectivity index (χ3n) is 4.02. The first-order chi connectivity index (χ1) is 12.4. The van der Waals surface area contributed by atoms with Crippen molar-refractivity contribution >= 4 is 32.4 Å². The number of amides is 1. The zero-order valence-electron chi connectivity index (χ0n) is 14.3. The van der Waals surface area contributed by atoms with Crippen LogP contribution >= 0.6 is 0 Å². The molecule has 0 saturated heterocycles. The number of nitrogens with zero attached hydrogens (tertiary/aromatic N) is 1. The van der Waals surface area contributed by atoms with E-state index >= 15 is 0 Å². The Labute approximate surface area is 152 Å². The van der Waals surface area contributed by atoms with Crippen LogP contribution in [0.15, 0.2) is 71.6 Å². The van der Waals surface area contributed by atoms with Gasteiger partial charge in [0.05, 0.1) is 12.0 Å². The number of hydroxylamine groups is 1. The second-order valence-electron chi connectivity index (χ2n) is 5.64. The number of carbonyl (C=O) groups is 1. The minimum Gasteiger partial charge on any atom is -0.322 e. The van der Waals surface area contributed by atoms with Gasteiger partial charge in [0.2, 0.25) is 0 Å². The van der Waals surface area contributed by atoms with Gasteiger partial charge in [0, 0.05) is 18.3 Å². The monoisotopic (exact) mass is 370 g/mol. The molecule has 6 nitrogen and oxygen atoms in total. The molecule has 0 heterocycles. The fourth-order valence-electron chi connectivity index (χ4n) is 2.50. The molecule has 0 aromatic heterocycles. The summed E-state index contributed by atoms with van der Waals surface area (Å²) in [6.07, 6.45) is 0. The quantitative estimate of drug-likeness (QED) is 0.700. The molecule has 0 radical (unpaired) electrons. The number of fused-ring (bicyclic) bond motifs is 1. The van der Waals surface area contributed by atoms with Crippen molar-refractivity contribution in [1.82, 2.24) is 4.47 Å². The number of benzene rings is 3. The van der Waals surface area contributed by atoms with Crippen LogP contribution < -0.4 is 5.32 Å². The molecule has 0 atom stereocenters. The number of nitrogens with one attached hydrogen (secondary N) is 1. The Balaban J connectivity index is 1.79. The predicted molar refractivity (Wildman–Crippen MR) is 100 cm³/mol. The average Bonchev–Trinajstić information content (AvgIpc) is 2.67. The van der Waals surface area contributed by atoms with Crippen LogP contribution in [0.25, 0.3) is 10.8 Å². The lowest BCUT2D eigenvalue weighted by Gasteiger charge is -2.14. The summed E-state index contributed by atoms with van der Waals surface area (Å²) >= 11 is 0. The molecule has 0 unspecified atom stereocenters. The van der Waals surface area contributed by atoms with E-state index < -0.39 is 10.0 Å². The minimum atomic E-state index is -3.74. The Kier molecular flexibility index (Phi) is 5.03. The molecule has 26 heavy (non-hydrogen) atoms. The van der Waals surface area contributed by atoms with E-state index in [0.717, 1.165) is 15.2 Å². The summed E-state index contributed by atoms with van der Waals surface area (Å²) in [5.74, 6) is -0.315. The van der Waals surface area contributed by atoms with Gasteiger partial charge in [-0.05, 0) is 47.2 Å². The van der Waals surface area contributed by atoms with Crippen LogP contribution in [0.2, 0.25) is 0 Å². The second kappa shape index (κ2) is 7.25. The maximum absolute atomic E-state index is 12.4. The Morgan fingerprint density at radius 2 is 1.62 bits per heavy atom. The van der Waals surface area contributed by atoms with Gasteiger partial charge in [-0.25, -0.2) is 8.42 Å². The van der Waals surface area contributed by atoms with Gasteiger partial charge in [0.1, 0.15) is 0 Å². The summed E-state index contributed by atoms with van der Waals surface area (Å²) in [7, 11) is -1.17. The summed E-state index contributed by atoms with van der Waals surface area (Å²) in [5.41, 5.74) is 1.03. The van der Waals surface area contributed by atoms with Crippen LogP contribution in [-0.2, 0) is 14.9 Å². The molecule has 0 fully saturated rings. The van der Waals surface area contributed by atoms with Crippen molar-refractivity contribution in [2.75, 3.05) is 19.5 Å². The van der Waals surface area contributed by atoms with Gasteiger partial charge < -0.3 is 5.32 Å². The van der Waals surface area contributed by atoms with E-state index in [9.17, 15) is 13.2 Å². The van der Waals surface area contributed by atoms with Crippen LogP contribution in [0, 0.1) is 0 Å². The van der Waals surface area contributed by atoms with E-state index in [0.29, 0.717) is 11.3 Å². The summed E-state index contributed by atoms with van der Waals surface area (Å²) in [4.78, 5) is 17.2. The van der Waals surface area contributed by atoms with Gasteiger partial charge in [-0.1, -0.05) is 34.8 Å². The SMILES string of the molecule is CON(C)S(=O)(=O)c1ccc(C(=O)Nc2ccc3ccccc3c2)cc1. The largest absolute Gasteiger partial charge is 0.322 e. The Morgan fingerprint density at radius 1 is 0.962 bits per heavy atom. The topological polar surface area (TPSA) is 75.7 Å². The molecule has 0 aliphatic carbocycles. The lowest BCUT2D eigenvalue weighted by Crippen LogP contribution is -2.25. The molecule has 3 aromatic carbocycles. The predicted octanol–water partition coefficient (Wildman–Crippen LogP) is 3.27. The molecular weight excluding hydrogens is 352 g/mol. The van der Waals surface area contributed by atoms with Gasteiger partial charge >= 0.3 is 0 Å². The number of carbonyl (C=O) groups excluding carboxylic acids is 1. The van der Waals surface area contributed by atoms with Crippen molar-refractivity contribution in [2.45, 2.75) is 4.90 Å². The minimum absolute atomic E-state index is 0.0455. The highest BCUT2D eigenvalue weighted by Crippen LogP contribution is 2.20. The second-order valence-corrected chi connectivity index (χ2v) is 7.57. The van der Waals surface area contributed by atoms with E-state index in [1.54, 1.807) is 0 Å². The van der Waals surface area contributed by atoms with Gasteiger partial charge in [0.25, 0.3) is 15.9 Å². The van der Waals surface area contributed by atoms with E-state index in [1.165, 1.54) is 38.4 Å². The first-order valence-electron chi connectivity index (χ1n) is 7.85. The number of anilines is 1. The molecule has 0 bridgehead atoms. The zero-order valence-corrected chi connectivity index (χ0v) is 15.2. The Morgan fingerprint density at radius 3 is 2.27 bits per heavy atom. The van der Waals surface area contributed by atoms with Crippen molar-refractivity contribution in [3.05, 3.63) is 72.3 Å². The fourth-order valence-corrected chi connectivity index (χ4v) is 3.47. The maximum Gasteiger partial charge on any atom is 0.264 e. The highest BCUT2D eigenvalue weighted by Gasteiger charge is 2.21. The van der Waals surface area contributed by atoms with Crippen molar-refractivity contribution in [3.63, 3.8) is 0 Å². The van der Waals surface area contributed by atoms with Gasteiger partial charge in [0.15, 0.2) is 0 Å². The van der Waals surface area contributed by atoms with E-state index in [4.69, 9.17) is 4.84 Å². The van der Waals surface area contributed by atoms with Crippen molar-refractivity contribution in [3.8, 4) is 0 Å². The maximum atomic E-state index is 12.4. The summed E-state index contributed by atoms with van der Waals surface area (Å²) in [5, 5.41) is 4.93. The highest BCUT2D eigenvalue weighted by atomic mass is 32.2. The average molecular weight is 370 g/mol.